The fraction of sp³-hybridized carbons (Fsp3) is 0. The van der Waals surface area contributed by atoms with Gasteiger partial charge in [-0.05, 0) is 47.7 Å². The van der Waals surface area contributed by atoms with Gasteiger partial charge in [-0.25, -0.2) is 13.8 Å². The van der Waals surface area contributed by atoms with Crippen LogP contribution in [0.5, 0.6) is 0 Å². The van der Waals surface area contributed by atoms with Gasteiger partial charge < -0.3 is 5.32 Å². The predicted molar refractivity (Wildman–Crippen MR) is 81.8 cm³/mol. The van der Waals surface area contributed by atoms with Crippen LogP contribution in [0.3, 0.4) is 0 Å². The van der Waals surface area contributed by atoms with Crippen molar-refractivity contribution >= 4 is 34.6 Å². The van der Waals surface area contributed by atoms with Gasteiger partial charge in [-0.2, -0.15) is 0 Å². The summed E-state index contributed by atoms with van der Waals surface area (Å²) in [5.41, 5.74) is 1.07. The average Bonchev–Trinajstić information content (AvgIpc) is 2.83. The summed E-state index contributed by atoms with van der Waals surface area (Å²) in [6, 6.07) is 6.87. The van der Waals surface area contributed by atoms with E-state index in [0.29, 0.717) is 10.7 Å². The van der Waals surface area contributed by atoms with Gasteiger partial charge >= 0.3 is 0 Å². The summed E-state index contributed by atoms with van der Waals surface area (Å²) in [6.45, 7) is 0. The number of carbonyl (C=O) groups is 1. The molecule has 2 heterocycles. The highest BCUT2D eigenvalue weighted by Gasteiger charge is 2.23. The number of aliphatic imine (C=N–C) groups is 1. The Morgan fingerprint density at radius 3 is 2.64 bits per heavy atom. The van der Waals surface area contributed by atoms with Crippen LogP contribution in [0.4, 0.5) is 19.3 Å². The van der Waals surface area contributed by atoms with Crippen LogP contribution in [0.25, 0.3) is 6.08 Å². The minimum absolute atomic E-state index is 0.220. The van der Waals surface area contributed by atoms with Gasteiger partial charge in [0.1, 0.15) is 5.84 Å². The Hall–Kier alpha value is -2.54. The maximum atomic E-state index is 13.2. The SMILES string of the molecule is O=C1NC(=Nc2ccc(F)c(F)c2)/C(=C/c2ccncc2)S1. The summed E-state index contributed by atoms with van der Waals surface area (Å²) in [5.74, 6) is -1.63. The molecule has 2 aromatic rings. The number of carbonyl (C=O) groups excluding carboxylic acids is 1. The number of nitrogens with zero attached hydrogens (tertiary/aromatic N) is 2. The van der Waals surface area contributed by atoms with Gasteiger partial charge in [0.2, 0.25) is 0 Å². The third-order valence-corrected chi connectivity index (χ3v) is 3.62. The summed E-state index contributed by atoms with van der Waals surface area (Å²) < 4.78 is 26.1. The monoisotopic (exact) mass is 317 g/mol. The summed E-state index contributed by atoms with van der Waals surface area (Å²) >= 11 is 0.987. The van der Waals surface area contributed by atoms with Crippen molar-refractivity contribution in [1.82, 2.24) is 10.3 Å². The summed E-state index contributed by atoms with van der Waals surface area (Å²) in [4.78, 5) is 20.2. The number of benzene rings is 1. The first-order chi connectivity index (χ1) is 10.6. The van der Waals surface area contributed by atoms with Crippen molar-refractivity contribution in [2.75, 3.05) is 0 Å². The molecule has 1 N–H and O–H groups in total. The van der Waals surface area contributed by atoms with Crippen LogP contribution in [-0.4, -0.2) is 16.1 Å². The molecule has 0 saturated carbocycles. The lowest BCUT2D eigenvalue weighted by Gasteiger charge is -2.00. The number of nitrogens with one attached hydrogen (secondary N) is 1. The first-order valence-electron chi connectivity index (χ1n) is 6.26. The Bertz CT molecular complexity index is 791. The molecule has 1 aliphatic heterocycles. The van der Waals surface area contributed by atoms with Gasteiger partial charge in [-0.3, -0.25) is 9.78 Å². The van der Waals surface area contributed by atoms with Crippen molar-refractivity contribution in [3.05, 3.63) is 64.8 Å². The van der Waals surface area contributed by atoms with Gasteiger partial charge in [-0.15, -0.1) is 0 Å². The van der Waals surface area contributed by atoms with Crippen molar-refractivity contribution in [3.63, 3.8) is 0 Å². The van der Waals surface area contributed by atoms with Crippen LogP contribution in [0, 0.1) is 11.6 Å². The molecule has 1 aromatic carbocycles. The van der Waals surface area contributed by atoms with E-state index in [2.05, 4.69) is 15.3 Å². The van der Waals surface area contributed by atoms with Crippen LogP contribution >= 0.6 is 11.8 Å². The van der Waals surface area contributed by atoms with E-state index in [-0.39, 0.29) is 10.9 Å². The zero-order chi connectivity index (χ0) is 15.5. The predicted octanol–water partition coefficient (Wildman–Crippen LogP) is 3.89. The average molecular weight is 317 g/mol. The van der Waals surface area contributed by atoms with E-state index >= 15 is 0 Å². The third-order valence-electron chi connectivity index (χ3n) is 2.80. The number of amides is 1. The fourth-order valence-electron chi connectivity index (χ4n) is 1.81. The van der Waals surface area contributed by atoms with Gasteiger partial charge in [0.05, 0.1) is 10.6 Å². The Kier molecular flexibility index (Phi) is 3.97. The molecule has 1 saturated heterocycles. The van der Waals surface area contributed by atoms with E-state index in [1.807, 2.05) is 0 Å². The van der Waals surface area contributed by atoms with Gasteiger partial charge in [-0.1, -0.05) is 0 Å². The summed E-state index contributed by atoms with van der Waals surface area (Å²) in [7, 11) is 0. The topological polar surface area (TPSA) is 54.4 Å². The number of hydrogen-bond donors (Lipinski definition) is 1. The number of thioether (sulfide) groups is 1. The molecular weight excluding hydrogens is 308 g/mol. The van der Waals surface area contributed by atoms with Crippen LogP contribution in [0.2, 0.25) is 0 Å². The van der Waals surface area contributed by atoms with Gasteiger partial charge in [0, 0.05) is 18.5 Å². The molecule has 110 valence electrons. The van der Waals surface area contributed by atoms with E-state index in [1.54, 1.807) is 30.6 Å². The number of hydrogen-bond acceptors (Lipinski definition) is 4. The highest BCUT2D eigenvalue weighted by Crippen LogP contribution is 2.28. The number of halogens is 2. The van der Waals surface area contributed by atoms with Crippen LogP contribution in [-0.2, 0) is 0 Å². The van der Waals surface area contributed by atoms with E-state index in [4.69, 9.17) is 0 Å². The zero-order valence-corrected chi connectivity index (χ0v) is 11.9. The fourth-order valence-corrected chi connectivity index (χ4v) is 2.54. The van der Waals surface area contributed by atoms with E-state index in [9.17, 15) is 13.6 Å². The number of rotatable bonds is 2. The molecule has 0 spiro atoms. The Morgan fingerprint density at radius 1 is 1.14 bits per heavy atom. The second-order valence-electron chi connectivity index (χ2n) is 4.36. The Balaban J connectivity index is 1.96. The molecule has 22 heavy (non-hydrogen) atoms. The molecule has 0 radical (unpaired) electrons. The molecular formula is C15H9F2N3OS. The Labute approximate surface area is 129 Å². The van der Waals surface area contributed by atoms with Crippen LogP contribution in [0.1, 0.15) is 5.56 Å². The first-order valence-corrected chi connectivity index (χ1v) is 7.08. The lowest BCUT2D eigenvalue weighted by atomic mass is 10.2. The van der Waals surface area contributed by atoms with Crippen LogP contribution < -0.4 is 5.32 Å². The smallest absolute Gasteiger partial charge is 0.289 e. The van der Waals surface area contributed by atoms with Crippen molar-refractivity contribution in [1.29, 1.82) is 0 Å². The number of pyridine rings is 1. The normalized spacial score (nSPS) is 18.0. The summed E-state index contributed by atoms with van der Waals surface area (Å²) in [6.07, 6.45) is 5.03. The molecule has 0 atom stereocenters. The molecule has 0 bridgehead atoms. The quantitative estimate of drug-likeness (QED) is 0.914. The second kappa shape index (κ2) is 6.07. The third kappa shape index (κ3) is 3.20. The second-order valence-corrected chi connectivity index (χ2v) is 5.38. The van der Waals surface area contributed by atoms with Crippen LogP contribution in [0.15, 0.2) is 52.6 Å². The lowest BCUT2D eigenvalue weighted by molar-refractivity contribution is 0.265. The molecule has 1 aliphatic rings. The van der Waals surface area contributed by atoms with Crippen molar-refractivity contribution in [2.24, 2.45) is 4.99 Å². The number of amidine groups is 1. The van der Waals surface area contributed by atoms with E-state index < -0.39 is 11.6 Å². The van der Waals surface area contributed by atoms with E-state index in [0.717, 1.165) is 29.5 Å². The maximum absolute atomic E-state index is 13.2. The minimum Gasteiger partial charge on any atom is -0.300 e. The van der Waals surface area contributed by atoms with E-state index in [1.165, 1.54) is 6.07 Å². The molecule has 3 rings (SSSR count). The van der Waals surface area contributed by atoms with Gasteiger partial charge in [0.15, 0.2) is 11.6 Å². The molecule has 7 heteroatoms. The van der Waals surface area contributed by atoms with Crippen molar-refractivity contribution in [2.45, 2.75) is 0 Å². The largest absolute Gasteiger partial charge is 0.300 e. The highest BCUT2D eigenvalue weighted by molar-refractivity contribution is 8.18. The summed E-state index contributed by atoms with van der Waals surface area (Å²) in [5, 5.41) is 2.30. The highest BCUT2D eigenvalue weighted by atomic mass is 32.2. The molecule has 0 aliphatic carbocycles. The van der Waals surface area contributed by atoms with Crippen molar-refractivity contribution in [3.8, 4) is 0 Å². The minimum atomic E-state index is -0.988. The molecule has 1 amide bonds. The van der Waals surface area contributed by atoms with Gasteiger partial charge in [0.25, 0.3) is 5.24 Å². The standard InChI is InChI=1S/C15H9F2N3OS/c16-11-2-1-10(8-12(11)17)19-14-13(22-15(21)20-14)7-9-3-5-18-6-4-9/h1-8H,(H,19,20,21)/b13-7-. The maximum Gasteiger partial charge on any atom is 0.289 e. The number of aromatic nitrogens is 1. The van der Waals surface area contributed by atoms with Crippen molar-refractivity contribution < 1.29 is 13.6 Å². The Morgan fingerprint density at radius 2 is 1.91 bits per heavy atom. The first kappa shape index (κ1) is 14.4. The molecule has 1 fully saturated rings. The lowest BCUT2D eigenvalue weighted by Crippen LogP contribution is -2.18. The molecule has 4 nitrogen and oxygen atoms in total. The molecule has 0 unspecified atom stereocenters. The molecule has 1 aromatic heterocycles. The zero-order valence-electron chi connectivity index (χ0n) is 11.1.